The fourth-order valence-electron chi connectivity index (χ4n) is 10.8. The SMILES string of the molecule is CCCCCCC/C=C\C/C=C\CCCCCCCCCCCCCCCCCCCCCCCC(=O)NC(COP(=O)(O)OCC[N+](C)(C)C)C(O)/C=C/CCCCCCCCCCCCCCCCCCCCCCCCC. The second-order valence-corrected chi connectivity index (χ2v) is 27.1. The number of unbranched alkanes of at least 4 members (excludes halogenated alkanes) is 49. The lowest BCUT2D eigenvalue weighted by Crippen LogP contribution is -2.45. The molecule has 3 N–H and O–H groups in total. The van der Waals surface area contributed by atoms with Gasteiger partial charge in [-0.15, -0.1) is 0 Å². The number of quaternary nitrogens is 1. The topological polar surface area (TPSA) is 105 Å². The maximum absolute atomic E-state index is 13.1. The van der Waals surface area contributed by atoms with Gasteiger partial charge in [-0.05, 0) is 51.4 Å². The number of phosphoric ester groups is 1. The molecule has 0 aliphatic carbocycles. The van der Waals surface area contributed by atoms with Crippen LogP contribution in [0.4, 0.5) is 0 Å². The fourth-order valence-corrected chi connectivity index (χ4v) is 11.6. The summed E-state index contributed by atoms with van der Waals surface area (Å²) in [5.41, 5.74) is 0. The maximum atomic E-state index is 13.1. The van der Waals surface area contributed by atoms with Crippen molar-refractivity contribution in [2.45, 2.75) is 373 Å². The standard InChI is InChI=1S/C71H139N2O6P/c1-6-8-10-12-14-16-18-20-22-24-26-28-30-32-33-34-35-36-37-38-39-41-43-45-47-49-51-53-55-57-59-61-63-65-71(75)72-69(68-79-80(76,77)78-67-66-73(3,4)5)70(74)64-62-60-58-56-54-52-50-48-46-44-42-40-31-29-27-25-23-21-19-17-15-13-11-9-7-2/h18,20,24,26,62,64,69-70,74H,6-17,19,21-23,25,27-61,63,65-68H2,1-5H3,(H-,72,75,76,77)/p+1/b20-18-,26-24-,64-62+. The molecule has 3 atom stereocenters. The van der Waals surface area contributed by atoms with Crippen LogP contribution in [0.3, 0.4) is 0 Å². The third kappa shape index (κ3) is 64.3. The molecule has 8 nitrogen and oxygen atoms in total. The summed E-state index contributed by atoms with van der Waals surface area (Å²) in [5, 5.41) is 14.0. The van der Waals surface area contributed by atoms with E-state index in [1.54, 1.807) is 6.08 Å². The van der Waals surface area contributed by atoms with Crippen LogP contribution in [0.5, 0.6) is 0 Å². The Hall–Kier alpha value is -1.28. The highest BCUT2D eigenvalue weighted by Crippen LogP contribution is 2.43. The van der Waals surface area contributed by atoms with Crippen LogP contribution >= 0.6 is 7.82 Å². The van der Waals surface area contributed by atoms with E-state index in [0.29, 0.717) is 17.4 Å². The van der Waals surface area contributed by atoms with Crippen molar-refractivity contribution in [2.75, 3.05) is 40.9 Å². The Balaban J connectivity index is 4.02. The molecule has 3 unspecified atom stereocenters. The first-order valence-corrected chi connectivity index (χ1v) is 36.9. The highest BCUT2D eigenvalue weighted by Gasteiger charge is 2.28. The average Bonchev–Trinajstić information content (AvgIpc) is 3.42. The zero-order valence-electron chi connectivity index (χ0n) is 54.3. The van der Waals surface area contributed by atoms with Gasteiger partial charge in [-0.3, -0.25) is 13.8 Å². The largest absolute Gasteiger partial charge is 0.472 e. The summed E-state index contributed by atoms with van der Waals surface area (Å²) in [6, 6.07) is -0.846. The van der Waals surface area contributed by atoms with E-state index in [2.05, 4.69) is 43.5 Å². The first-order chi connectivity index (χ1) is 39.0. The van der Waals surface area contributed by atoms with E-state index in [9.17, 15) is 19.4 Å². The van der Waals surface area contributed by atoms with Gasteiger partial charge < -0.3 is 19.8 Å². The molecule has 0 saturated carbocycles. The summed E-state index contributed by atoms with van der Waals surface area (Å²) >= 11 is 0. The van der Waals surface area contributed by atoms with Crippen molar-refractivity contribution in [2.24, 2.45) is 0 Å². The van der Waals surface area contributed by atoms with Crippen molar-refractivity contribution in [1.82, 2.24) is 5.32 Å². The lowest BCUT2D eigenvalue weighted by atomic mass is 10.0. The molecule has 0 spiro atoms. The van der Waals surface area contributed by atoms with E-state index in [1.807, 2.05) is 27.2 Å². The van der Waals surface area contributed by atoms with Gasteiger partial charge in [0.15, 0.2) is 0 Å². The van der Waals surface area contributed by atoms with Gasteiger partial charge in [-0.2, -0.15) is 0 Å². The highest BCUT2D eigenvalue weighted by molar-refractivity contribution is 7.47. The zero-order valence-corrected chi connectivity index (χ0v) is 55.2. The third-order valence-corrected chi connectivity index (χ3v) is 17.3. The molecule has 9 heteroatoms. The van der Waals surface area contributed by atoms with E-state index in [0.717, 1.165) is 38.5 Å². The number of carbonyl (C=O) groups is 1. The van der Waals surface area contributed by atoms with Gasteiger partial charge in [0.1, 0.15) is 13.2 Å². The number of aliphatic hydroxyl groups is 1. The quantitative estimate of drug-likeness (QED) is 0.0243. The number of phosphoric acid groups is 1. The summed E-state index contributed by atoms with van der Waals surface area (Å²) in [5.74, 6) is -0.169. The Morgan fingerprint density at radius 3 is 1.02 bits per heavy atom. The van der Waals surface area contributed by atoms with Crippen LogP contribution in [0.2, 0.25) is 0 Å². The fraction of sp³-hybridized carbons (Fsp3) is 0.901. The number of aliphatic hydroxyl groups excluding tert-OH is 1. The lowest BCUT2D eigenvalue weighted by molar-refractivity contribution is -0.870. The number of hydrogen-bond acceptors (Lipinski definition) is 5. The van der Waals surface area contributed by atoms with Gasteiger partial charge >= 0.3 is 7.82 Å². The van der Waals surface area contributed by atoms with E-state index >= 15 is 0 Å². The average molecular weight is 1150 g/mol. The number of hydrogen-bond donors (Lipinski definition) is 3. The third-order valence-electron chi connectivity index (χ3n) is 16.4. The molecule has 0 aromatic carbocycles. The van der Waals surface area contributed by atoms with Crippen molar-refractivity contribution in [3.8, 4) is 0 Å². The first kappa shape index (κ1) is 78.7. The van der Waals surface area contributed by atoms with Crippen molar-refractivity contribution < 1.29 is 32.9 Å². The minimum absolute atomic E-state index is 0.0638. The number of amides is 1. The number of nitrogens with zero attached hydrogens (tertiary/aromatic N) is 1. The zero-order chi connectivity index (χ0) is 58.4. The van der Waals surface area contributed by atoms with Crippen LogP contribution in [0.1, 0.15) is 361 Å². The second kappa shape index (κ2) is 62.3. The van der Waals surface area contributed by atoms with E-state index < -0.39 is 20.0 Å². The second-order valence-electron chi connectivity index (χ2n) is 25.6. The molecule has 0 aliphatic rings. The minimum atomic E-state index is -4.35. The number of carbonyl (C=O) groups excluding carboxylic acids is 1. The molecule has 0 rings (SSSR count). The normalized spacial score (nSPS) is 13.8. The molecule has 0 aromatic heterocycles. The smallest absolute Gasteiger partial charge is 0.387 e. The van der Waals surface area contributed by atoms with Gasteiger partial charge in [-0.25, -0.2) is 4.57 Å². The summed E-state index contributed by atoms with van der Waals surface area (Å²) in [6.45, 7) is 4.86. The molecular formula is C71H140N2O6P+. The molecule has 0 bridgehead atoms. The predicted molar refractivity (Wildman–Crippen MR) is 351 cm³/mol. The number of allylic oxidation sites excluding steroid dienone is 5. The Morgan fingerprint density at radius 1 is 0.425 bits per heavy atom. The highest BCUT2D eigenvalue weighted by atomic mass is 31.2. The summed E-state index contributed by atoms with van der Waals surface area (Å²) in [4.78, 5) is 23.4. The minimum Gasteiger partial charge on any atom is -0.387 e. The molecule has 80 heavy (non-hydrogen) atoms. The van der Waals surface area contributed by atoms with Crippen molar-refractivity contribution in [3.63, 3.8) is 0 Å². The molecule has 0 saturated heterocycles. The van der Waals surface area contributed by atoms with Crippen molar-refractivity contribution in [3.05, 3.63) is 36.5 Å². The van der Waals surface area contributed by atoms with Gasteiger partial charge in [0.2, 0.25) is 5.91 Å². The number of rotatable bonds is 66. The van der Waals surface area contributed by atoms with Gasteiger partial charge in [0.05, 0.1) is 39.9 Å². The molecule has 0 radical (unpaired) electrons. The Labute approximate surface area is 499 Å². The number of likely N-dealkylation sites (N-methyl/N-ethyl adjacent to an activating group) is 1. The lowest BCUT2D eigenvalue weighted by Gasteiger charge is -2.25. The van der Waals surface area contributed by atoms with E-state index in [4.69, 9.17) is 9.05 Å². The summed E-state index contributed by atoms with van der Waals surface area (Å²) in [6.07, 6.45) is 82.9. The molecular weight excluding hydrogens is 1010 g/mol. The monoisotopic (exact) mass is 1150 g/mol. The van der Waals surface area contributed by atoms with Gasteiger partial charge in [0, 0.05) is 6.42 Å². The molecule has 0 aliphatic heterocycles. The Kier molecular flexibility index (Phi) is 61.3. The molecule has 0 aromatic rings. The maximum Gasteiger partial charge on any atom is 0.472 e. The Bertz CT molecular complexity index is 1400. The Morgan fingerprint density at radius 2 is 0.713 bits per heavy atom. The van der Waals surface area contributed by atoms with Crippen LogP contribution < -0.4 is 5.32 Å². The first-order valence-electron chi connectivity index (χ1n) is 35.4. The van der Waals surface area contributed by atoms with Crippen molar-refractivity contribution >= 4 is 13.7 Å². The van der Waals surface area contributed by atoms with Crippen LogP contribution in [0, 0.1) is 0 Å². The van der Waals surface area contributed by atoms with Gasteiger partial charge in [0.25, 0.3) is 0 Å². The molecule has 474 valence electrons. The number of nitrogens with one attached hydrogen (secondary N) is 1. The van der Waals surface area contributed by atoms with E-state index in [1.165, 1.54) is 302 Å². The molecule has 0 fully saturated rings. The molecule has 0 heterocycles. The van der Waals surface area contributed by atoms with Crippen LogP contribution in [0.15, 0.2) is 36.5 Å². The summed E-state index contributed by atoms with van der Waals surface area (Å²) in [7, 11) is 1.59. The van der Waals surface area contributed by atoms with Gasteiger partial charge in [-0.1, -0.05) is 339 Å². The van der Waals surface area contributed by atoms with E-state index in [-0.39, 0.29) is 19.1 Å². The van der Waals surface area contributed by atoms with Crippen LogP contribution in [-0.2, 0) is 18.4 Å². The predicted octanol–water partition coefficient (Wildman–Crippen LogP) is 22.4. The summed E-state index contributed by atoms with van der Waals surface area (Å²) < 4.78 is 23.8. The van der Waals surface area contributed by atoms with Crippen LogP contribution in [-0.4, -0.2) is 73.4 Å². The molecule has 1 amide bonds. The van der Waals surface area contributed by atoms with Crippen molar-refractivity contribution in [1.29, 1.82) is 0 Å². The van der Waals surface area contributed by atoms with Crippen LogP contribution in [0.25, 0.3) is 0 Å².